The van der Waals surface area contributed by atoms with Crippen LogP contribution in [0, 0.1) is 0 Å². The highest BCUT2D eigenvalue weighted by atomic mass is 16.6. The molecule has 0 aromatic carbocycles. The molecule has 11 heavy (non-hydrogen) atoms. The van der Waals surface area contributed by atoms with Crippen LogP contribution >= 0.6 is 0 Å². The maximum atomic E-state index is 10.8. The van der Waals surface area contributed by atoms with E-state index in [4.69, 9.17) is 15.2 Å². The van der Waals surface area contributed by atoms with Crippen LogP contribution in [0.15, 0.2) is 0 Å². The van der Waals surface area contributed by atoms with E-state index < -0.39 is 0 Å². The van der Waals surface area contributed by atoms with Crippen molar-refractivity contribution >= 4 is 5.97 Å². The zero-order valence-corrected chi connectivity index (χ0v) is 7.00. The molecule has 2 N–H and O–H groups in total. The second-order valence-corrected chi connectivity index (χ2v) is 2.29. The number of esters is 1. The summed E-state index contributed by atoms with van der Waals surface area (Å²) >= 11 is 0. The Kier molecular flexibility index (Phi) is 5.78. The van der Waals surface area contributed by atoms with Gasteiger partial charge in [-0.1, -0.05) is 0 Å². The SMILES string of the molecule is COCC(C)OC(=O)CCN. The molecule has 0 aliphatic rings. The van der Waals surface area contributed by atoms with Crippen molar-refractivity contribution in [3.05, 3.63) is 0 Å². The fraction of sp³-hybridized carbons (Fsp3) is 0.857. The number of rotatable bonds is 5. The summed E-state index contributed by atoms with van der Waals surface area (Å²) in [4.78, 5) is 10.8. The van der Waals surface area contributed by atoms with Crippen LogP contribution < -0.4 is 5.73 Å². The molecule has 0 heterocycles. The first-order chi connectivity index (χ1) is 5.20. The van der Waals surface area contributed by atoms with Crippen molar-refractivity contribution in [2.75, 3.05) is 20.3 Å². The van der Waals surface area contributed by atoms with E-state index in [1.165, 1.54) is 0 Å². The number of carbonyl (C=O) groups is 1. The van der Waals surface area contributed by atoms with Gasteiger partial charge in [-0.15, -0.1) is 0 Å². The van der Waals surface area contributed by atoms with Crippen molar-refractivity contribution in [3.63, 3.8) is 0 Å². The number of hydrogen-bond donors (Lipinski definition) is 1. The Morgan fingerprint density at radius 3 is 2.73 bits per heavy atom. The molecule has 0 bridgehead atoms. The quantitative estimate of drug-likeness (QED) is 0.572. The van der Waals surface area contributed by atoms with E-state index in [0.29, 0.717) is 13.2 Å². The number of nitrogens with two attached hydrogens (primary N) is 1. The van der Waals surface area contributed by atoms with Gasteiger partial charge in [-0.3, -0.25) is 4.79 Å². The minimum absolute atomic E-state index is 0.181. The van der Waals surface area contributed by atoms with Gasteiger partial charge in [-0.2, -0.15) is 0 Å². The van der Waals surface area contributed by atoms with E-state index in [0.717, 1.165) is 0 Å². The first kappa shape index (κ1) is 10.4. The first-order valence-electron chi connectivity index (χ1n) is 3.59. The van der Waals surface area contributed by atoms with Crippen LogP contribution in [0.3, 0.4) is 0 Å². The monoisotopic (exact) mass is 161 g/mol. The van der Waals surface area contributed by atoms with E-state index in [9.17, 15) is 4.79 Å². The average molecular weight is 161 g/mol. The largest absolute Gasteiger partial charge is 0.460 e. The van der Waals surface area contributed by atoms with Gasteiger partial charge in [-0.05, 0) is 6.92 Å². The molecule has 0 radical (unpaired) electrons. The molecule has 0 aromatic heterocycles. The molecule has 0 aromatic rings. The topological polar surface area (TPSA) is 61.5 Å². The Morgan fingerprint density at radius 2 is 2.27 bits per heavy atom. The predicted octanol–water partition coefficient (Wildman–Crippen LogP) is -0.0867. The maximum Gasteiger partial charge on any atom is 0.307 e. The summed E-state index contributed by atoms with van der Waals surface area (Å²) in [7, 11) is 1.56. The second kappa shape index (κ2) is 6.12. The third-order valence-electron chi connectivity index (χ3n) is 1.08. The lowest BCUT2D eigenvalue weighted by Crippen LogP contribution is -2.21. The molecule has 0 spiro atoms. The summed E-state index contributed by atoms with van der Waals surface area (Å²) in [6, 6.07) is 0. The van der Waals surface area contributed by atoms with Crippen molar-refractivity contribution in [3.8, 4) is 0 Å². The van der Waals surface area contributed by atoms with Crippen molar-refractivity contribution in [1.29, 1.82) is 0 Å². The third-order valence-corrected chi connectivity index (χ3v) is 1.08. The lowest BCUT2D eigenvalue weighted by atomic mass is 10.4. The fourth-order valence-corrected chi connectivity index (χ4v) is 0.670. The first-order valence-corrected chi connectivity index (χ1v) is 3.59. The van der Waals surface area contributed by atoms with Gasteiger partial charge in [0, 0.05) is 13.7 Å². The van der Waals surface area contributed by atoms with Crippen LogP contribution in [0.25, 0.3) is 0 Å². The lowest BCUT2D eigenvalue weighted by molar-refractivity contribution is -0.150. The van der Waals surface area contributed by atoms with E-state index in [-0.39, 0.29) is 18.5 Å². The maximum absolute atomic E-state index is 10.8. The molecule has 1 atom stereocenters. The van der Waals surface area contributed by atoms with Crippen molar-refractivity contribution in [1.82, 2.24) is 0 Å². The molecule has 0 rings (SSSR count). The van der Waals surface area contributed by atoms with Crippen LogP contribution in [0.1, 0.15) is 13.3 Å². The van der Waals surface area contributed by atoms with Gasteiger partial charge >= 0.3 is 5.97 Å². The predicted molar refractivity (Wildman–Crippen MR) is 41.1 cm³/mol. The second-order valence-electron chi connectivity index (χ2n) is 2.29. The number of methoxy groups -OCH3 is 1. The molecule has 0 saturated carbocycles. The standard InChI is InChI=1S/C7H15NO3/c1-6(5-10-2)11-7(9)3-4-8/h6H,3-5,8H2,1-2H3. The molecule has 0 amide bonds. The summed E-state index contributed by atoms with van der Waals surface area (Å²) < 4.78 is 9.66. The Balaban J connectivity index is 3.40. The third kappa shape index (κ3) is 5.82. The van der Waals surface area contributed by atoms with Gasteiger partial charge in [0.2, 0.25) is 0 Å². The zero-order chi connectivity index (χ0) is 8.69. The highest BCUT2D eigenvalue weighted by Gasteiger charge is 2.06. The van der Waals surface area contributed by atoms with Crippen LogP contribution in [0.5, 0.6) is 0 Å². The molecule has 66 valence electrons. The lowest BCUT2D eigenvalue weighted by Gasteiger charge is -2.10. The average Bonchev–Trinajstić information content (AvgIpc) is 1.87. The van der Waals surface area contributed by atoms with Gasteiger partial charge < -0.3 is 15.2 Å². The minimum Gasteiger partial charge on any atom is -0.460 e. The highest BCUT2D eigenvalue weighted by Crippen LogP contribution is 1.93. The van der Waals surface area contributed by atoms with Gasteiger partial charge in [-0.25, -0.2) is 0 Å². The summed E-state index contributed by atoms with van der Waals surface area (Å²) in [5.41, 5.74) is 5.15. The summed E-state index contributed by atoms with van der Waals surface area (Å²) in [6.45, 7) is 2.53. The normalized spacial score (nSPS) is 12.6. The van der Waals surface area contributed by atoms with Gasteiger partial charge in [0.15, 0.2) is 0 Å². The Bertz CT molecular complexity index is 116. The Morgan fingerprint density at radius 1 is 1.64 bits per heavy atom. The summed E-state index contributed by atoms with van der Waals surface area (Å²) in [5, 5.41) is 0. The van der Waals surface area contributed by atoms with E-state index >= 15 is 0 Å². The number of hydrogen-bond acceptors (Lipinski definition) is 4. The van der Waals surface area contributed by atoms with Crippen molar-refractivity contribution in [2.45, 2.75) is 19.4 Å². The molecule has 4 heteroatoms. The Hall–Kier alpha value is -0.610. The van der Waals surface area contributed by atoms with Crippen LogP contribution in [0.2, 0.25) is 0 Å². The smallest absolute Gasteiger partial charge is 0.307 e. The molecule has 0 saturated heterocycles. The number of ether oxygens (including phenoxy) is 2. The van der Waals surface area contributed by atoms with Crippen molar-refractivity contribution in [2.24, 2.45) is 5.73 Å². The van der Waals surface area contributed by atoms with Crippen LogP contribution in [-0.2, 0) is 14.3 Å². The van der Waals surface area contributed by atoms with Crippen LogP contribution in [-0.4, -0.2) is 32.3 Å². The molecule has 0 aliphatic heterocycles. The summed E-state index contributed by atoms with van der Waals surface area (Å²) in [6.07, 6.45) is 0.0904. The molecular formula is C7H15NO3. The van der Waals surface area contributed by atoms with E-state index in [1.54, 1.807) is 14.0 Å². The fourth-order valence-electron chi connectivity index (χ4n) is 0.670. The van der Waals surface area contributed by atoms with Crippen molar-refractivity contribution < 1.29 is 14.3 Å². The van der Waals surface area contributed by atoms with E-state index in [1.807, 2.05) is 0 Å². The minimum atomic E-state index is -0.267. The molecule has 0 aliphatic carbocycles. The van der Waals surface area contributed by atoms with Crippen LogP contribution in [0.4, 0.5) is 0 Å². The molecule has 4 nitrogen and oxygen atoms in total. The van der Waals surface area contributed by atoms with Gasteiger partial charge in [0.05, 0.1) is 13.0 Å². The zero-order valence-electron chi connectivity index (χ0n) is 7.00. The molecule has 1 unspecified atom stereocenters. The molecule has 0 fully saturated rings. The molecular weight excluding hydrogens is 146 g/mol. The number of carbonyl (C=O) groups excluding carboxylic acids is 1. The Labute approximate surface area is 66.7 Å². The summed E-state index contributed by atoms with van der Waals surface area (Å²) in [5.74, 6) is -0.267. The van der Waals surface area contributed by atoms with Gasteiger partial charge in [0.25, 0.3) is 0 Å². The van der Waals surface area contributed by atoms with Gasteiger partial charge in [0.1, 0.15) is 6.10 Å². The van der Waals surface area contributed by atoms with E-state index in [2.05, 4.69) is 0 Å². The highest BCUT2D eigenvalue weighted by molar-refractivity contribution is 5.69.